The Morgan fingerprint density at radius 2 is 2.08 bits per heavy atom. The number of benzene rings is 1. The van der Waals surface area contributed by atoms with E-state index in [0.717, 1.165) is 6.07 Å². The third-order valence-corrected chi connectivity index (χ3v) is 3.37. The number of hydrogen-bond donors (Lipinski definition) is 2. The summed E-state index contributed by atoms with van der Waals surface area (Å²) in [5.41, 5.74) is -0.899. The summed E-state index contributed by atoms with van der Waals surface area (Å²) in [5.74, 6) is -0.0305. The number of aryl methyl sites for hydroxylation is 1. The first-order chi connectivity index (χ1) is 12.3. The predicted molar refractivity (Wildman–Crippen MR) is 84.5 cm³/mol. The summed E-state index contributed by atoms with van der Waals surface area (Å²) >= 11 is 0. The Hall–Kier alpha value is -3.30. The first kappa shape index (κ1) is 17.5. The number of nitrogens with zero attached hydrogens (tertiary/aromatic N) is 2. The lowest BCUT2D eigenvalue weighted by Gasteiger charge is -2.15. The Bertz CT molecular complexity index is 904. The van der Waals surface area contributed by atoms with Crippen LogP contribution in [0.25, 0.3) is 0 Å². The van der Waals surface area contributed by atoms with E-state index in [1.807, 2.05) is 0 Å². The molecule has 0 fully saturated rings. The molecule has 0 bridgehead atoms. The van der Waals surface area contributed by atoms with Gasteiger partial charge in [0.15, 0.2) is 5.82 Å². The van der Waals surface area contributed by atoms with Gasteiger partial charge in [-0.15, -0.1) is 0 Å². The summed E-state index contributed by atoms with van der Waals surface area (Å²) in [6, 6.07) is 4.83. The molecule has 1 amide bonds. The van der Waals surface area contributed by atoms with Crippen LogP contribution in [0, 0.1) is 6.92 Å². The molecular weight excluding hydrogens is 353 g/mol. The number of halogens is 3. The minimum Gasteiger partial charge on any atom is -0.472 e. The number of rotatable bonds is 5. The number of amides is 1. The highest BCUT2D eigenvalue weighted by Gasteiger charge is 2.34. The Morgan fingerprint density at radius 1 is 1.27 bits per heavy atom. The molecule has 0 aliphatic heterocycles. The molecular formula is C16H13F3N4O3. The van der Waals surface area contributed by atoms with Crippen molar-refractivity contribution in [1.29, 1.82) is 0 Å². The van der Waals surface area contributed by atoms with Gasteiger partial charge in [0, 0.05) is 11.4 Å². The monoisotopic (exact) mass is 366 g/mol. The number of aromatic nitrogens is 2. The van der Waals surface area contributed by atoms with Crippen LogP contribution in [0.2, 0.25) is 0 Å². The van der Waals surface area contributed by atoms with Crippen LogP contribution in [-0.2, 0) is 12.7 Å². The molecule has 3 rings (SSSR count). The lowest BCUT2D eigenvalue weighted by Crippen LogP contribution is -2.14. The number of anilines is 2. The van der Waals surface area contributed by atoms with Crippen LogP contribution in [0.15, 0.2) is 45.7 Å². The molecule has 2 N–H and O–H groups in total. The number of furan rings is 1. The third-order valence-electron chi connectivity index (χ3n) is 3.37. The quantitative estimate of drug-likeness (QED) is 0.712. The maximum Gasteiger partial charge on any atom is 0.418 e. The zero-order valence-electron chi connectivity index (χ0n) is 13.4. The summed E-state index contributed by atoms with van der Waals surface area (Å²) in [7, 11) is 0. The Kier molecular flexibility index (Phi) is 4.65. The molecule has 0 spiro atoms. The molecule has 0 saturated carbocycles. The summed E-state index contributed by atoms with van der Waals surface area (Å²) in [5, 5.41) is 8.57. The van der Waals surface area contributed by atoms with Crippen LogP contribution >= 0.6 is 0 Å². The van der Waals surface area contributed by atoms with Gasteiger partial charge in [-0.1, -0.05) is 5.16 Å². The standard InChI is InChI=1S/C16H13F3N4O3/c1-9-21-14(26-23-9)7-20-13-3-2-11(6-12(13)16(17,18)19)22-15(24)10-4-5-25-8-10/h2-6,8,20H,7H2,1H3,(H,22,24). The molecule has 0 radical (unpaired) electrons. The van der Waals surface area contributed by atoms with Gasteiger partial charge >= 0.3 is 6.18 Å². The SMILES string of the molecule is Cc1noc(CNc2ccc(NC(=O)c3ccoc3)cc2C(F)(F)F)n1. The van der Waals surface area contributed by atoms with Crippen molar-refractivity contribution in [2.24, 2.45) is 0 Å². The number of hydrogen-bond acceptors (Lipinski definition) is 6. The zero-order chi connectivity index (χ0) is 18.7. The molecule has 3 aromatic rings. The van der Waals surface area contributed by atoms with Gasteiger partial charge < -0.3 is 19.6 Å². The average Bonchev–Trinajstić information content (AvgIpc) is 3.24. The second kappa shape index (κ2) is 6.90. The molecule has 0 aliphatic carbocycles. The maximum absolute atomic E-state index is 13.3. The molecule has 0 atom stereocenters. The molecule has 0 aliphatic rings. The first-order valence-corrected chi connectivity index (χ1v) is 7.41. The van der Waals surface area contributed by atoms with Gasteiger partial charge in [-0.25, -0.2) is 0 Å². The van der Waals surface area contributed by atoms with Crippen molar-refractivity contribution < 1.29 is 26.9 Å². The molecule has 2 aromatic heterocycles. The average molecular weight is 366 g/mol. The normalized spacial score (nSPS) is 11.4. The Morgan fingerprint density at radius 3 is 2.69 bits per heavy atom. The third kappa shape index (κ3) is 4.02. The number of nitrogens with one attached hydrogen (secondary N) is 2. The van der Waals surface area contributed by atoms with Gasteiger partial charge in [-0.2, -0.15) is 18.2 Å². The topological polar surface area (TPSA) is 93.2 Å². The van der Waals surface area contributed by atoms with E-state index in [9.17, 15) is 18.0 Å². The smallest absolute Gasteiger partial charge is 0.418 e. The van der Waals surface area contributed by atoms with E-state index >= 15 is 0 Å². The van der Waals surface area contributed by atoms with Gasteiger partial charge in [0.05, 0.1) is 23.9 Å². The molecule has 2 heterocycles. The molecule has 0 unspecified atom stereocenters. The van der Waals surface area contributed by atoms with E-state index in [2.05, 4.69) is 20.8 Å². The lowest BCUT2D eigenvalue weighted by molar-refractivity contribution is -0.136. The van der Waals surface area contributed by atoms with E-state index in [1.165, 1.54) is 30.7 Å². The number of carbonyl (C=O) groups excluding carboxylic acids is 1. The van der Waals surface area contributed by atoms with Crippen molar-refractivity contribution in [2.45, 2.75) is 19.6 Å². The van der Waals surface area contributed by atoms with E-state index < -0.39 is 17.6 Å². The van der Waals surface area contributed by atoms with Crippen LogP contribution in [0.4, 0.5) is 24.5 Å². The van der Waals surface area contributed by atoms with Crippen molar-refractivity contribution in [3.8, 4) is 0 Å². The highest BCUT2D eigenvalue weighted by Crippen LogP contribution is 2.36. The van der Waals surface area contributed by atoms with Crippen molar-refractivity contribution >= 4 is 17.3 Å². The predicted octanol–water partition coefficient (Wildman–Crippen LogP) is 3.85. The van der Waals surface area contributed by atoms with Crippen LogP contribution in [0.5, 0.6) is 0 Å². The second-order valence-electron chi connectivity index (χ2n) is 5.31. The fourth-order valence-electron chi connectivity index (χ4n) is 2.19. The highest BCUT2D eigenvalue weighted by atomic mass is 19.4. The second-order valence-corrected chi connectivity index (χ2v) is 5.31. The summed E-state index contributed by atoms with van der Waals surface area (Å²) in [4.78, 5) is 15.9. The van der Waals surface area contributed by atoms with Crippen molar-refractivity contribution in [2.75, 3.05) is 10.6 Å². The Labute approximate surface area is 145 Å². The van der Waals surface area contributed by atoms with Gasteiger partial charge in [0.2, 0.25) is 5.89 Å². The number of alkyl halides is 3. The van der Waals surface area contributed by atoms with Crippen molar-refractivity contribution in [3.05, 3.63) is 59.6 Å². The van der Waals surface area contributed by atoms with E-state index in [4.69, 9.17) is 8.94 Å². The molecule has 136 valence electrons. The molecule has 1 aromatic carbocycles. The van der Waals surface area contributed by atoms with Gasteiger partial charge in [0.1, 0.15) is 6.26 Å². The zero-order valence-corrected chi connectivity index (χ0v) is 13.4. The fourth-order valence-corrected chi connectivity index (χ4v) is 2.19. The summed E-state index contributed by atoms with van der Waals surface area (Å²) in [6.45, 7) is 1.54. The van der Waals surface area contributed by atoms with E-state index in [1.54, 1.807) is 6.92 Å². The minimum atomic E-state index is -4.62. The minimum absolute atomic E-state index is 0.00251. The lowest BCUT2D eigenvalue weighted by atomic mass is 10.1. The van der Waals surface area contributed by atoms with Crippen molar-refractivity contribution in [1.82, 2.24) is 10.1 Å². The van der Waals surface area contributed by atoms with Crippen LogP contribution in [0.1, 0.15) is 27.6 Å². The van der Waals surface area contributed by atoms with Gasteiger partial charge in [-0.05, 0) is 31.2 Å². The largest absolute Gasteiger partial charge is 0.472 e. The van der Waals surface area contributed by atoms with Crippen molar-refractivity contribution in [3.63, 3.8) is 0 Å². The van der Waals surface area contributed by atoms with Gasteiger partial charge in [0.25, 0.3) is 5.91 Å². The molecule has 0 saturated heterocycles. The Balaban J connectivity index is 1.80. The fraction of sp³-hybridized carbons (Fsp3) is 0.188. The highest BCUT2D eigenvalue weighted by molar-refractivity contribution is 6.04. The molecule has 7 nitrogen and oxygen atoms in total. The van der Waals surface area contributed by atoms with Crippen LogP contribution in [-0.4, -0.2) is 16.0 Å². The summed E-state index contributed by atoms with van der Waals surface area (Å²) < 4.78 is 49.7. The van der Waals surface area contributed by atoms with E-state index in [0.29, 0.717) is 5.82 Å². The van der Waals surface area contributed by atoms with Gasteiger partial charge in [-0.3, -0.25) is 4.79 Å². The number of carbonyl (C=O) groups is 1. The maximum atomic E-state index is 13.3. The van der Waals surface area contributed by atoms with Crippen LogP contribution in [0.3, 0.4) is 0 Å². The van der Waals surface area contributed by atoms with Crippen LogP contribution < -0.4 is 10.6 Å². The molecule has 26 heavy (non-hydrogen) atoms. The summed E-state index contributed by atoms with van der Waals surface area (Å²) in [6.07, 6.45) is -2.13. The first-order valence-electron chi connectivity index (χ1n) is 7.41. The van der Waals surface area contributed by atoms with E-state index in [-0.39, 0.29) is 29.4 Å². The molecule has 10 heteroatoms.